The van der Waals surface area contributed by atoms with Gasteiger partial charge >= 0.3 is 5.97 Å². The lowest BCUT2D eigenvalue weighted by Gasteiger charge is -2.24. The summed E-state index contributed by atoms with van der Waals surface area (Å²) in [5.41, 5.74) is 0.954. The summed E-state index contributed by atoms with van der Waals surface area (Å²) in [6.45, 7) is 0.00757. The molecule has 1 amide bonds. The Morgan fingerprint density at radius 1 is 1.16 bits per heavy atom. The fraction of sp³-hybridized carbons (Fsp3) is 0.176. The molecule has 0 spiro atoms. The van der Waals surface area contributed by atoms with Crippen molar-refractivity contribution in [2.45, 2.75) is 11.3 Å². The third kappa shape index (κ3) is 3.20. The van der Waals surface area contributed by atoms with Crippen LogP contribution >= 0.6 is 0 Å². The molecule has 0 radical (unpaired) electrons. The maximum atomic E-state index is 13.1. The van der Waals surface area contributed by atoms with E-state index in [1.54, 1.807) is 24.3 Å². The Morgan fingerprint density at radius 2 is 1.92 bits per heavy atom. The summed E-state index contributed by atoms with van der Waals surface area (Å²) in [5, 5.41) is 2.70. The molecule has 0 saturated heterocycles. The van der Waals surface area contributed by atoms with Crippen molar-refractivity contribution >= 4 is 33.3 Å². The van der Waals surface area contributed by atoms with Crippen molar-refractivity contribution < 1.29 is 22.7 Å². The van der Waals surface area contributed by atoms with Crippen molar-refractivity contribution in [1.29, 1.82) is 0 Å². The molecule has 8 heteroatoms. The standard InChI is InChI=1S/C17H16N2O5S/c1-24-17(21)12-5-4-6-13(11-12)25(22,23)19-10-9-16(20)18-14-7-2-3-8-15(14)19/h2-8,11H,9-10H2,1H3,(H,18,20). The first-order valence-electron chi connectivity index (χ1n) is 7.53. The number of carbonyl (C=O) groups excluding carboxylic acids is 2. The van der Waals surface area contributed by atoms with Gasteiger partial charge in [-0.2, -0.15) is 0 Å². The van der Waals surface area contributed by atoms with Gasteiger partial charge in [0.05, 0.1) is 28.9 Å². The number of benzene rings is 2. The van der Waals surface area contributed by atoms with Crippen LogP contribution in [0, 0.1) is 0 Å². The number of methoxy groups -OCH3 is 1. The minimum atomic E-state index is -3.95. The normalized spacial score (nSPS) is 14.3. The van der Waals surface area contributed by atoms with Crippen molar-refractivity contribution in [2.24, 2.45) is 0 Å². The molecule has 0 unspecified atom stereocenters. The zero-order valence-corrected chi connectivity index (χ0v) is 14.2. The fourth-order valence-electron chi connectivity index (χ4n) is 2.61. The molecular weight excluding hydrogens is 344 g/mol. The number of fused-ring (bicyclic) bond motifs is 1. The molecule has 0 atom stereocenters. The van der Waals surface area contributed by atoms with E-state index < -0.39 is 16.0 Å². The Hall–Kier alpha value is -2.87. The summed E-state index contributed by atoms with van der Waals surface area (Å²) in [6, 6.07) is 12.3. The van der Waals surface area contributed by atoms with Gasteiger partial charge in [-0.15, -0.1) is 0 Å². The van der Waals surface area contributed by atoms with E-state index in [0.29, 0.717) is 11.4 Å². The van der Waals surface area contributed by atoms with Gasteiger partial charge in [0.15, 0.2) is 0 Å². The Labute approximate surface area is 145 Å². The van der Waals surface area contributed by atoms with E-state index in [2.05, 4.69) is 10.1 Å². The molecule has 0 aromatic heterocycles. The SMILES string of the molecule is COC(=O)c1cccc(S(=O)(=O)N2CCC(=O)Nc3ccccc32)c1. The first-order valence-corrected chi connectivity index (χ1v) is 8.97. The molecule has 1 N–H and O–H groups in total. The highest BCUT2D eigenvalue weighted by atomic mass is 32.2. The molecule has 0 saturated carbocycles. The summed E-state index contributed by atoms with van der Waals surface area (Å²) < 4.78 is 32.0. The van der Waals surface area contributed by atoms with Crippen LogP contribution in [0.3, 0.4) is 0 Å². The number of esters is 1. The van der Waals surface area contributed by atoms with Crippen molar-refractivity contribution in [2.75, 3.05) is 23.3 Å². The number of nitrogens with zero attached hydrogens (tertiary/aromatic N) is 1. The molecule has 1 aliphatic heterocycles. The Bertz CT molecular complexity index is 940. The highest BCUT2D eigenvalue weighted by Crippen LogP contribution is 2.33. The van der Waals surface area contributed by atoms with Gasteiger partial charge < -0.3 is 10.1 Å². The molecule has 130 valence electrons. The predicted molar refractivity (Wildman–Crippen MR) is 92.0 cm³/mol. The number of anilines is 2. The summed E-state index contributed by atoms with van der Waals surface area (Å²) in [6.07, 6.45) is 0.0323. The second kappa shape index (κ2) is 6.56. The van der Waals surface area contributed by atoms with Gasteiger partial charge in [0.1, 0.15) is 0 Å². The molecule has 0 bridgehead atoms. The van der Waals surface area contributed by atoms with E-state index in [1.807, 2.05) is 0 Å². The van der Waals surface area contributed by atoms with E-state index in [-0.39, 0.29) is 29.3 Å². The van der Waals surface area contributed by atoms with Crippen molar-refractivity contribution in [3.63, 3.8) is 0 Å². The lowest BCUT2D eigenvalue weighted by atomic mass is 10.2. The van der Waals surface area contributed by atoms with E-state index in [1.165, 1.54) is 35.7 Å². The molecule has 2 aromatic carbocycles. The van der Waals surface area contributed by atoms with Gasteiger partial charge in [-0.05, 0) is 30.3 Å². The van der Waals surface area contributed by atoms with Gasteiger partial charge in [0.2, 0.25) is 5.91 Å². The topological polar surface area (TPSA) is 92.8 Å². The van der Waals surface area contributed by atoms with Crippen LogP contribution in [0.1, 0.15) is 16.8 Å². The van der Waals surface area contributed by atoms with Gasteiger partial charge in [-0.1, -0.05) is 18.2 Å². The van der Waals surface area contributed by atoms with Gasteiger partial charge in [-0.3, -0.25) is 9.10 Å². The number of sulfonamides is 1. The molecule has 2 aromatic rings. The minimum Gasteiger partial charge on any atom is -0.465 e. The number of ether oxygens (including phenoxy) is 1. The average molecular weight is 360 g/mol. The van der Waals surface area contributed by atoms with E-state index >= 15 is 0 Å². The summed E-state index contributed by atoms with van der Waals surface area (Å²) in [4.78, 5) is 23.5. The number of hydrogen-bond donors (Lipinski definition) is 1. The summed E-state index contributed by atoms with van der Waals surface area (Å²) >= 11 is 0. The van der Waals surface area contributed by atoms with Gasteiger partial charge in [0, 0.05) is 13.0 Å². The smallest absolute Gasteiger partial charge is 0.337 e. The van der Waals surface area contributed by atoms with Crippen LogP contribution in [-0.2, 0) is 19.6 Å². The number of para-hydroxylation sites is 2. The van der Waals surface area contributed by atoms with Crippen molar-refractivity contribution in [3.05, 3.63) is 54.1 Å². The van der Waals surface area contributed by atoms with Crippen LogP contribution in [0.4, 0.5) is 11.4 Å². The third-order valence-corrected chi connectivity index (χ3v) is 5.64. The fourth-order valence-corrected chi connectivity index (χ4v) is 4.14. The van der Waals surface area contributed by atoms with E-state index in [0.717, 1.165) is 0 Å². The number of amides is 1. The summed E-state index contributed by atoms with van der Waals surface area (Å²) in [7, 11) is -2.73. The number of carbonyl (C=O) groups is 2. The minimum absolute atomic E-state index is 0.00757. The van der Waals surface area contributed by atoms with Crippen LogP contribution in [0.2, 0.25) is 0 Å². The van der Waals surface area contributed by atoms with E-state index in [9.17, 15) is 18.0 Å². The highest BCUT2D eigenvalue weighted by molar-refractivity contribution is 7.92. The quantitative estimate of drug-likeness (QED) is 0.845. The number of nitrogens with one attached hydrogen (secondary N) is 1. The average Bonchev–Trinajstić information content (AvgIpc) is 2.79. The van der Waals surface area contributed by atoms with Gasteiger partial charge in [0.25, 0.3) is 10.0 Å². The molecular formula is C17H16N2O5S. The first kappa shape index (κ1) is 17.0. The van der Waals surface area contributed by atoms with Crippen molar-refractivity contribution in [3.8, 4) is 0 Å². The highest BCUT2D eigenvalue weighted by Gasteiger charge is 2.30. The molecule has 7 nitrogen and oxygen atoms in total. The lowest BCUT2D eigenvalue weighted by Crippen LogP contribution is -2.32. The monoisotopic (exact) mass is 360 g/mol. The molecule has 25 heavy (non-hydrogen) atoms. The molecule has 3 rings (SSSR count). The van der Waals surface area contributed by atoms with E-state index in [4.69, 9.17) is 0 Å². The molecule has 0 fully saturated rings. The first-order chi connectivity index (χ1) is 11.9. The second-order valence-electron chi connectivity index (χ2n) is 5.41. The van der Waals surface area contributed by atoms with Crippen molar-refractivity contribution in [1.82, 2.24) is 0 Å². The second-order valence-corrected chi connectivity index (χ2v) is 7.27. The van der Waals surface area contributed by atoms with Crippen LogP contribution in [0.25, 0.3) is 0 Å². The number of rotatable bonds is 3. The molecule has 1 aliphatic rings. The maximum Gasteiger partial charge on any atom is 0.337 e. The lowest BCUT2D eigenvalue weighted by molar-refractivity contribution is -0.115. The summed E-state index contributed by atoms with van der Waals surface area (Å²) in [5.74, 6) is -0.876. The Balaban J connectivity index is 2.09. The maximum absolute atomic E-state index is 13.1. The molecule has 1 heterocycles. The predicted octanol–water partition coefficient (Wildman–Crippen LogP) is 2.01. The molecule has 0 aliphatic carbocycles. The number of hydrogen-bond acceptors (Lipinski definition) is 5. The zero-order chi connectivity index (χ0) is 18.0. The van der Waals surface area contributed by atoms with Crippen LogP contribution in [-0.4, -0.2) is 33.9 Å². The van der Waals surface area contributed by atoms with Crippen LogP contribution in [0.15, 0.2) is 53.4 Å². The Morgan fingerprint density at radius 3 is 2.68 bits per heavy atom. The Kier molecular flexibility index (Phi) is 4.45. The third-order valence-electron chi connectivity index (χ3n) is 3.83. The zero-order valence-electron chi connectivity index (χ0n) is 13.4. The van der Waals surface area contributed by atoms with Crippen LogP contribution in [0.5, 0.6) is 0 Å². The van der Waals surface area contributed by atoms with Crippen LogP contribution < -0.4 is 9.62 Å². The largest absolute Gasteiger partial charge is 0.465 e. The van der Waals surface area contributed by atoms with Gasteiger partial charge in [-0.25, -0.2) is 13.2 Å².